The van der Waals surface area contributed by atoms with E-state index in [2.05, 4.69) is 27.6 Å². The summed E-state index contributed by atoms with van der Waals surface area (Å²) < 4.78 is 13.9. The predicted molar refractivity (Wildman–Crippen MR) is 106 cm³/mol. The molecule has 1 aromatic heterocycles. The molecular formula is C20H24ClFN4O. The third-order valence-corrected chi connectivity index (χ3v) is 5.27. The van der Waals surface area contributed by atoms with Crippen LogP contribution in [0.2, 0.25) is 5.02 Å². The number of amides is 1. The van der Waals surface area contributed by atoms with Crippen molar-refractivity contribution in [2.24, 2.45) is 5.92 Å². The Hall–Kier alpha value is -2.18. The van der Waals surface area contributed by atoms with Crippen molar-refractivity contribution in [1.29, 1.82) is 0 Å². The lowest BCUT2D eigenvalue weighted by Crippen LogP contribution is -2.25. The second-order valence-corrected chi connectivity index (χ2v) is 7.23. The Morgan fingerprint density at radius 2 is 2.19 bits per heavy atom. The van der Waals surface area contributed by atoms with Crippen LogP contribution in [0.25, 0.3) is 0 Å². The standard InChI is InChI=1S/C20H24ClFN4O/c1-3-23-20(27)15-5-7-18(25-12-15)24-11-14-8-9-26(2)19(14)13-4-6-16(21)17(22)10-13/h4-7,10,12,14,19H,3,8-9,11H2,1-2H3,(H,23,27)(H,24,25). The number of aromatic nitrogens is 1. The molecule has 2 aromatic rings. The van der Waals surface area contributed by atoms with Crippen molar-refractivity contribution < 1.29 is 9.18 Å². The number of benzene rings is 1. The Bertz CT molecular complexity index is 799. The summed E-state index contributed by atoms with van der Waals surface area (Å²) in [7, 11) is 2.05. The maximum Gasteiger partial charge on any atom is 0.252 e. The van der Waals surface area contributed by atoms with Crippen LogP contribution >= 0.6 is 11.6 Å². The number of carbonyl (C=O) groups excluding carboxylic acids is 1. The minimum absolute atomic E-state index is 0.124. The van der Waals surface area contributed by atoms with Crippen molar-refractivity contribution in [3.63, 3.8) is 0 Å². The fourth-order valence-electron chi connectivity index (χ4n) is 3.59. The molecule has 5 nitrogen and oxygen atoms in total. The van der Waals surface area contributed by atoms with Crippen LogP contribution in [0.5, 0.6) is 0 Å². The Morgan fingerprint density at radius 3 is 2.85 bits per heavy atom. The van der Waals surface area contributed by atoms with Crippen LogP contribution in [0.1, 0.15) is 35.3 Å². The lowest BCUT2D eigenvalue weighted by molar-refractivity contribution is 0.0955. The highest BCUT2D eigenvalue weighted by Gasteiger charge is 2.33. The molecule has 1 amide bonds. The molecule has 2 heterocycles. The van der Waals surface area contributed by atoms with E-state index in [4.69, 9.17) is 11.6 Å². The highest BCUT2D eigenvalue weighted by Crippen LogP contribution is 2.37. The van der Waals surface area contributed by atoms with Gasteiger partial charge in [0.15, 0.2) is 0 Å². The molecule has 0 saturated carbocycles. The SMILES string of the molecule is CCNC(=O)c1ccc(NCC2CCN(C)C2c2ccc(Cl)c(F)c2)nc1. The Morgan fingerprint density at radius 1 is 1.37 bits per heavy atom. The molecule has 0 radical (unpaired) electrons. The monoisotopic (exact) mass is 390 g/mol. The van der Waals surface area contributed by atoms with Gasteiger partial charge in [-0.25, -0.2) is 9.37 Å². The van der Waals surface area contributed by atoms with E-state index in [9.17, 15) is 9.18 Å². The van der Waals surface area contributed by atoms with Gasteiger partial charge in [0.2, 0.25) is 0 Å². The third kappa shape index (κ3) is 4.57. The quantitative estimate of drug-likeness (QED) is 0.789. The van der Waals surface area contributed by atoms with Crippen LogP contribution in [0.3, 0.4) is 0 Å². The van der Waals surface area contributed by atoms with Gasteiger partial charge in [0.25, 0.3) is 5.91 Å². The highest BCUT2D eigenvalue weighted by atomic mass is 35.5. The van der Waals surface area contributed by atoms with Crippen molar-refractivity contribution in [2.75, 3.05) is 32.0 Å². The molecule has 1 aromatic carbocycles. The molecule has 2 unspecified atom stereocenters. The first-order valence-electron chi connectivity index (χ1n) is 9.13. The molecule has 3 rings (SSSR count). The van der Waals surface area contributed by atoms with Gasteiger partial charge in [0.1, 0.15) is 11.6 Å². The van der Waals surface area contributed by atoms with E-state index in [1.807, 2.05) is 13.0 Å². The molecule has 1 aliphatic rings. The first-order chi connectivity index (χ1) is 13.0. The highest BCUT2D eigenvalue weighted by molar-refractivity contribution is 6.30. The Kier molecular flexibility index (Phi) is 6.29. The van der Waals surface area contributed by atoms with E-state index >= 15 is 0 Å². The fraction of sp³-hybridized carbons (Fsp3) is 0.400. The van der Waals surface area contributed by atoms with Gasteiger partial charge in [0, 0.05) is 25.3 Å². The van der Waals surface area contributed by atoms with Crippen LogP contribution in [-0.4, -0.2) is 42.5 Å². The van der Waals surface area contributed by atoms with Crippen molar-refractivity contribution in [2.45, 2.75) is 19.4 Å². The molecule has 0 aliphatic carbocycles. The number of anilines is 1. The summed E-state index contributed by atoms with van der Waals surface area (Å²) in [6.07, 6.45) is 2.58. The fourth-order valence-corrected chi connectivity index (χ4v) is 3.71. The van der Waals surface area contributed by atoms with Gasteiger partial charge < -0.3 is 10.6 Å². The molecule has 1 saturated heterocycles. The molecule has 27 heavy (non-hydrogen) atoms. The maximum atomic E-state index is 13.9. The normalized spacial score (nSPS) is 19.9. The molecule has 7 heteroatoms. The minimum atomic E-state index is -0.385. The van der Waals surface area contributed by atoms with E-state index in [1.54, 1.807) is 24.4 Å². The molecule has 1 aliphatic heterocycles. The van der Waals surface area contributed by atoms with Gasteiger partial charge >= 0.3 is 0 Å². The molecule has 2 N–H and O–H groups in total. The van der Waals surface area contributed by atoms with Crippen molar-refractivity contribution in [3.05, 3.63) is 58.5 Å². The van der Waals surface area contributed by atoms with E-state index in [1.165, 1.54) is 6.07 Å². The largest absolute Gasteiger partial charge is 0.370 e. The van der Waals surface area contributed by atoms with Crippen LogP contribution in [0, 0.1) is 11.7 Å². The van der Waals surface area contributed by atoms with Gasteiger partial charge in [-0.15, -0.1) is 0 Å². The molecule has 0 spiro atoms. The van der Waals surface area contributed by atoms with E-state index in [0.29, 0.717) is 24.6 Å². The zero-order valence-corrected chi connectivity index (χ0v) is 16.3. The average Bonchev–Trinajstić information content (AvgIpc) is 3.03. The summed E-state index contributed by atoms with van der Waals surface area (Å²) >= 11 is 5.82. The molecule has 0 bridgehead atoms. The summed E-state index contributed by atoms with van der Waals surface area (Å²) in [6, 6.07) is 8.72. The van der Waals surface area contributed by atoms with Crippen molar-refractivity contribution in [3.8, 4) is 0 Å². The van der Waals surface area contributed by atoms with Crippen molar-refractivity contribution >= 4 is 23.3 Å². The number of hydrogen-bond donors (Lipinski definition) is 2. The molecule has 2 atom stereocenters. The first-order valence-corrected chi connectivity index (χ1v) is 9.50. The number of rotatable bonds is 6. The minimum Gasteiger partial charge on any atom is -0.370 e. The van der Waals surface area contributed by atoms with Crippen molar-refractivity contribution in [1.82, 2.24) is 15.2 Å². The average molecular weight is 391 g/mol. The van der Waals surface area contributed by atoms with E-state index in [-0.39, 0.29) is 22.8 Å². The van der Waals surface area contributed by atoms with Crippen LogP contribution < -0.4 is 10.6 Å². The van der Waals surface area contributed by atoms with Gasteiger partial charge in [-0.05, 0) is 62.7 Å². The number of carbonyl (C=O) groups is 1. The number of pyridine rings is 1. The molecule has 1 fully saturated rings. The second-order valence-electron chi connectivity index (χ2n) is 6.82. The Labute approximate surface area is 163 Å². The van der Waals surface area contributed by atoms with E-state index < -0.39 is 0 Å². The Balaban J connectivity index is 1.65. The smallest absolute Gasteiger partial charge is 0.252 e. The van der Waals surface area contributed by atoms with Crippen LogP contribution in [-0.2, 0) is 0 Å². The van der Waals surface area contributed by atoms with Crippen LogP contribution in [0.4, 0.5) is 10.2 Å². The lowest BCUT2D eigenvalue weighted by atomic mass is 9.93. The van der Waals surface area contributed by atoms with Gasteiger partial charge in [-0.1, -0.05) is 17.7 Å². The number of likely N-dealkylation sites (tertiary alicyclic amines) is 1. The van der Waals surface area contributed by atoms with Gasteiger partial charge in [-0.3, -0.25) is 9.69 Å². The topological polar surface area (TPSA) is 57.3 Å². The molecule has 144 valence electrons. The number of halogens is 2. The number of nitrogens with one attached hydrogen (secondary N) is 2. The summed E-state index contributed by atoms with van der Waals surface area (Å²) in [5, 5.41) is 6.24. The number of hydrogen-bond acceptors (Lipinski definition) is 4. The van der Waals surface area contributed by atoms with Gasteiger partial charge in [-0.2, -0.15) is 0 Å². The summed E-state index contributed by atoms with van der Waals surface area (Å²) in [5.74, 6) is 0.529. The third-order valence-electron chi connectivity index (χ3n) is 4.97. The predicted octanol–water partition coefficient (Wildman–Crippen LogP) is 3.73. The van der Waals surface area contributed by atoms with Crippen LogP contribution in [0.15, 0.2) is 36.5 Å². The zero-order valence-electron chi connectivity index (χ0n) is 15.5. The van der Waals surface area contributed by atoms with Gasteiger partial charge in [0.05, 0.1) is 10.6 Å². The number of nitrogens with zero attached hydrogens (tertiary/aromatic N) is 2. The summed E-state index contributed by atoms with van der Waals surface area (Å²) in [6.45, 7) is 4.13. The van der Waals surface area contributed by atoms with E-state index in [0.717, 1.165) is 24.3 Å². The lowest BCUT2D eigenvalue weighted by Gasteiger charge is -2.26. The maximum absolute atomic E-state index is 13.9. The first kappa shape index (κ1) is 19.6. The second kappa shape index (κ2) is 8.67. The molecular weight excluding hydrogens is 367 g/mol. The summed E-state index contributed by atoms with van der Waals surface area (Å²) in [4.78, 5) is 18.4. The zero-order chi connectivity index (χ0) is 19.4. The summed E-state index contributed by atoms with van der Waals surface area (Å²) in [5.41, 5.74) is 1.47.